The first-order valence-corrected chi connectivity index (χ1v) is 7.29. The zero-order valence-electron chi connectivity index (χ0n) is 12.2. The van der Waals surface area contributed by atoms with Gasteiger partial charge in [0.2, 0.25) is 0 Å². The van der Waals surface area contributed by atoms with Crippen molar-refractivity contribution >= 4 is 11.5 Å². The average molecular weight is 281 g/mol. The molecule has 1 aliphatic carbocycles. The Bertz CT molecular complexity index is 692. The van der Waals surface area contributed by atoms with Crippen molar-refractivity contribution in [2.45, 2.75) is 25.7 Å². The van der Waals surface area contributed by atoms with Crippen LogP contribution in [0.3, 0.4) is 0 Å². The molecule has 0 aromatic heterocycles. The van der Waals surface area contributed by atoms with Gasteiger partial charge in [-0.05, 0) is 55.0 Å². The predicted molar refractivity (Wildman–Crippen MR) is 83.9 cm³/mol. The number of ketones is 1. The lowest BCUT2D eigenvalue weighted by Crippen LogP contribution is -2.09. The molecule has 0 amide bonds. The fourth-order valence-corrected chi connectivity index (χ4v) is 2.99. The van der Waals surface area contributed by atoms with Gasteiger partial charge < -0.3 is 10.5 Å². The van der Waals surface area contributed by atoms with E-state index in [-0.39, 0.29) is 5.78 Å². The molecule has 2 aromatic carbocycles. The standard InChI is InChI=1S/C18H19NO2/c1-21-18-15(7-4-8-16(18)19)17(20)14-10-9-12-5-2-3-6-13(12)11-14/h4,7-11H,2-3,5-6,19H2,1H3. The summed E-state index contributed by atoms with van der Waals surface area (Å²) in [6.45, 7) is 0. The Kier molecular flexibility index (Phi) is 3.65. The van der Waals surface area contributed by atoms with E-state index in [1.54, 1.807) is 18.2 Å². The number of aryl methyl sites for hydroxylation is 2. The van der Waals surface area contributed by atoms with Crippen molar-refractivity contribution in [1.29, 1.82) is 0 Å². The molecule has 0 saturated heterocycles. The number of benzene rings is 2. The Morgan fingerprint density at radius 1 is 1.10 bits per heavy atom. The van der Waals surface area contributed by atoms with Crippen molar-refractivity contribution in [3.05, 3.63) is 58.7 Å². The summed E-state index contributed by atoms with van der Waals surface area (Å²) in [5.41, 5.74) is 10.3. The summed E-state index contributed by atoms with van der Waals surface area (Å²) in [5, 5.41) is 0. The molecule has 0 radical (unpaired) electrons. The number of anilines is 1. The quantitative estimate of drug-likeness (QED) is 0.693. The van der Waals surface area contributed by atoms with Crippen LogP contribution in [-0.4, -0.2) is 12.9 Å². The summed E-state index contributed by atoms with van der Waals surface area (Å²) in [6, 6.07) is 11.3. The minimum absolute atomic E-state index is 0.0347. The number of nitrogen functional groups attached to an aromatic ring is 1. The molecule has 3 heteroatoms. The predicted octanol–water partition coefficient (Wildman–Crippen LogP) is 3.39. The molecular formula is C18H19NO2. The fraction of sp³-hybridized carbons (Fsp3) is 0.278. The first kappa shape index (κ1) is 13.7. The Labute approximate surface area is 124 Å². The SMILES string of the molecule is COc1c(N)cccc1C(=O)c1ccc2c(c1)CCCC2. The number of para-hydroxylation sites is 1. The molecule has 0 aliphatic heterocycles. The molecular weight excluding hydrogens is 262 g/mol. The van der Waals surface area contributed by atoms with Crippen molar-refractivity contribution < 1.29 is 9.53 Å². The van der Waals surface area contributed by atoms with Gasteiger partial charge in [0, 0.05) is 5.56 Å². The number of methoxy groups -OCH3 is 1. The van der Waals surface area contributed by atoms with Gasteiger partial charge >= 0.3 is 0 Å². The molecule has 0 atom stereocenters. The van der Waals surface area contributed by atoms with Crippen LogP contribution in [0.5, 0.6) is 5.75 Å². The third-order valence-electron chi connectivity index (χ3n) is 4.10. The molecule has 0 spiro atoms. The van der Waals surface area contributed by atoms with Gasteiger partial charge in [-0.2, -0.15) is 0 Å². The molecule has 0 fully saturated rings. The van der Waals surface area contributed by atoms with Gasteiger partial charge in [-0.3, -0.25) is 4.79 Å². The Hall–Kier alpha value is -2.29. The molecule has 1 aliphatic rings. The molecule has 0 unspecified atom stereocenters. The van der Waals surface area contributed by atoms with Crippen LogP contribution in [0.4, 0.5) is 5.69 Å². The number of carbonyl (C=O) groups excluding carboxylic acids is 1. The number of nitrogens with two attached hydrogens (primary N) is 1. The maximum Gasteiger partial charge on any atom is 0.196 e. The normalized spacial score (nSPS) is 13.6. The molecule has 0 heterocycles. The highest BCUT2D eigenvalue weighted by atomic mass is 16.5. The second kappa shape index (κ2) is 5.60. The highest BCUT2D eigenvalue weighted by molar-refractivity contribution is 6.11. The van der Waals surface area contributed by atoms with Crippen LogP contribution in [0.15, 0.2) is 36.4 Å². The number of carbonyl (C=O) groups is 1. The summed E-state index contributed by atoms with van der Waals surface area (Å²) < 4.78 is 5.29. The van der Waals surface area contributed by atoms with Gasteiger partial charge in [0.1, 0.15) is 0 Å². The molecule has 3 nitrogen and oxygen atoms in total. The molecule has 0 saturated carbocycles. The molecule has 3 rings (SSSR count). The van der Waals surface area contributed by atoms with Crippen molar-refractivity contribution in [1.82, 2.24) is 0 Å². The summed E-state index contributed by atoms with van der Waals surface area (Å²) in [7, 11) is 1.54. The zero-order chi connectivity index (χ0) is 14.8. The van der Waals surface area contributed by atoms with Gasteiger partial charge in [0.15, 0.2) is 11.5 Å². The Morgan fingerprint density at radius 3 is 2.62 bits per heavy atom. The Morgan fingerprint density at radius 2 is 1.86 bits per heavy atom. The highest BCUT2D eigenvalue weighted by Crippen LogP contribution is 2.29. The van der Waals surface area contributed by atoms with E-state index in [1.165, 1.54) is 31.1 Å². The summed E-state index contributed by atoms with van der Waals surface area (Å²) >= 11 is 0. The van der Waals surface area contributed by atoms with E-state index in [1.807, 2.05) is 12.1 Å². The van der Waals surface area contributed by atoms with Crippen molar-refractivity contribution in [2.24, 2.45) is 0 Å². The lowest BCUT2D eigenvalue weighted by molar-refractivity contribution is 0.103. The largest absolute Gasteiger partial charge is 0.494 e. The highest BCUT2D eigenvalue weighted by Gasteiger charge is 2.18. The summed E-state index contributed by atoms with van der Waals surface area (Å²) in [5.74, 6) is 0.424. The minimum atomic E-state index is -0.0347. The van der Waals surface area contributed by atoms with Crippen LogP contribution in [0.25, 0.3) is 0 Å². The summed E-state index contributed by atoms with van der Waals surface area (Å²) in [6.07, 6.45) is 4.62. The molecule has 2 N–H and O–H groups in total. The lowest BCUT2D eigenvalue weighted by Gasteiger charge is -2.17. The maximum absolute atomic E-state index is 12.7. The average Bonchev–Trinajstić information content (AvgIpc) is 2.53. The van der Waals surface area contributed by atoms with Crippen LogP contribution >= 0.6 is 0 Å². The summed E-state index contributed by atoms with van der Waals surface area (Å²) in [4.78, 5) is 12.7. The number of rotatable bonds is 3. The number of fused-ring (bicyclic) bond motifs is 1. The van der Waals surface area contributed by atoms with E-state index in [4.69, 9.17) is 10.5 Å². The zero-order valence-corrected chi connectivity index (χ0v) is 12.2. The number of hydrogen-bond donors (Lipinski definition) is 1. The van der Waals surface area contributed by atoms with Gasteiger partial charge in [-0.25, -0.2) is 0 Å². The Balaban J connectivity index is 2.01. The fourth-order valence-electron chi connectivity index (χ4n) is 2.99. The van der Waals surface area contributed by atoms with Crippen molar-refractivity contribution in [2.75, 3.05) is 12.8 Å². The second-order valence-corrected chi connectivity index (χ2v) is 5.45. The molecule has 21 heavy (non-hydrogen) atoms. The second-order valence-electron chi connectivity index (χ2n) is 5.45. The molecule has 2 aromatic rings. The first-order valence-electron chi connectivity index (χ1n) is 7.29. The van der Waals surface area contributed by atoms with Crippen LogP contribution in [-0.2, 0) is 12.8 Å². The van der Waals surface area contributed by atoms with E-state index < -0.39 is 0 Å². The third kappa shape index (κ3) is 2.51. The monoisotopic (exact) mass is 281 g/mol. The smallest absolute Gasteiger partial charge is 0.196 e. The molecule has 108 valence electrons. The van der Waals surface area contributed by atoms with E-state index in [0.29, 0.717) is 22.6 Å². The molecule has 0 bridgehead atoms. The topological polar surface area (TPSA) is 52.3 Å². The number of ether oxygens (including phenoxy) is 1. The number of hydrogen-bond acceptors (Lipinski definition) is 3. The van der Waals surface area contributed by atoms with Crippen LogP contribution < -0.4 is 10.5 Å². The minimum Gasteiger partial charge on any atom is -0.494 e. The first-order chi connectivity index (χ1) is 10.2. The van der Waals surface area contributed by atoms with Gasteiger partial charge in [0.05, 0.1) is 18.4 Å². The van der Waals surface area contributed by atoms with Gasteiger partial charge in [-0.1, -0.05) is 18.2 Å². The van der Waals surface area contributed by atoms with Crippen LogP contribution in [0.2, 0.25) is 0 Å². The lowest BCUT2D eigenvalue weighted by atomic mass is 9.89. The van der Waals surface area contributed by atoms with Crippen LogP contribution in [0.1, 0.15) is 39.9 Å². The third-order valence-corrected chi connectivity index (χ3v) is 4.10. The van der Waals surface area contributed by atoms with E-state index in [2.05, 4.69) is 6.07 Å². The van der Waals surface area contributed by atoms with E-state index in [0.717, 1.165) is 12.8 Å². The van der Waals surface area contributed by atoms with E-state index in [9.17, 15) is 4.79 Å². The van der Waals surface area contributed by atoms with Gasteiger partial charge in [-0.15, -0.1) is 0 Å². The van der Waals surface area contributed by atoms with Crippen molar-refractivity contribution in [3.63, 3.8) is 0 Å². The maximum atomic E-state index is 12.7. The van der Waals surface area contributed by atoms with Crippen LogP contribution in [0, 0.1) is 0 Å². The van der Waals surface area contributed by atoms with Gasteiger partial charge in [0.25, 0.3) is 0 Å². The van der Waals surface area contributed by atoms with E-state index >= 15 is 0 Å². The van der Waals surface area contributed by atoms with Crippen molar-refractivity contribution in [3.8, 4) is 5.75 Å².